The highest BCUT2D eigenvalue weighted by molar-refractivity contribution is 7.89. The first-order chi connectivity index (χ1) is 8.01. The number of H-pyrrole nitrogens is 1. The number of nitrogens with zero attached hydrogens (tertiary/aromatic N) is 1. The monoisotopic (exact) mass is 257 g/mol. The van der Waals surface area contributed by atoms with E-state index in [4.69, 9.17) is 5.73 Å². The van der Waals surface area contributed by atoms with Gasteiger partial charge in [0.1, 0.15) is 4.90 Å². The normalized spacial score (nSPS) is 22.5. The lowest BCUT2D eigenvalue weighted by Crippen LogP contribution is -2.46. The minimum atomic E-state index is -3.72. The van der Waals surface area contributed by atoms with Gasteiger partial charge in [0.25, 0.3) is 5.56 Å². The van der Waals surface area contributed by atoms with Gasteiger partial charge < -0.3 is 10.7 Å². The van der Waals surface area contributed by atoms with Crippen LogP contribution in [0.15, 0.2) is 28.0 Å². The molecule has 7 heteroatoms. The molecular formula is C10H15N3O3S. The molecule has 0 amide bonds. The third kappa shape index (κ3) is 2.41. The first-order valence-electron chi connectivity index (χ1n) is 5.45. The molecule has 1 fully saturated rings. The van der Waals surface area contributed by atoms with Gasteiger partial charge in [-0.3, -0.25) is 4.79 Å². The van der Waals surface area contributed by atoms with Crippen LogP contribution in [0.25, 0.3) is 0 Å². The molecule has 0 bridgehead atoms. The molecule has 0 spiro atoms. The summed E-state index contributed by atoms with van der Waals surface area (Å²) in [6.07, 6.45) is 2.95. The lowest BCUT2D eigenvalue weighted by molar-refractivity contribution is 0.316. The molecule has 0 unspecified atom stereocenters. The number of piperidine rings is 1. The molecule has 1 saturated heterocycles. The predicted molar refractivity (Wildman–Crippen MR) is 63.0 cm³/mol. The van der Waals surface area contributed by atoms with Crippen LogP contribution in [-0.4, -0.2) is 36.8 Å². The van der Waals surface area contributed by atoms with Gasteiger partial charge in [-0.1, -0.05) is 0 Å². The Labute approximate surface area is 99.5 Å². The highest BCUT2D eigenvalue weighted by Gasteiger charge is 2.30. The van der Waals surface area contributed by atoms with E-state index in [1.807, 2.05) is 0 Å². The molecule has 1 aromatic heterocycles. The molecule has 0 aliphatic carbocycles. The van der Waals surface area contributed by atoms with Gasteiger partial charge in [-0.15, -0.1) is 0 Å². The van der Waals surface area contributed by atoms with Crippen LogP contribution < -0.4 is 11.3 Å². The van der Waals surface area contributed by atoms with Crippen LogP contribution in [0.3, 0.4) is 0 Å². The molecule has 17 heavy (non-hydrogen) atoms. The fraction of sp³-hybridized carbons (Fsp3) is 0.500. The number of hydrogen-bond acceptors (Lipinski definition) is 4. The zero-order chi connectivity index (χ0) is 12.5. The van der Waals surface area contributed by atoms with E-state index in [1.165, 1.54) is 22.6 Å². The second-order valence-electron chi connectivity index (χ2n) is 4.13. The van der Waals surface area contributed by atoms with Gasteiger partial charge >= 0.3 is 0 Å². The van der Waals surface area contributed by atoms with Crippen LogP contribution in [0.1, 0.15) is 12.8 Å². The van der Waals surface area contributed by atoms with Gasteiger partial charge in [0.05, 0.1) is 0 Å². The van der Waals surface area contributed by atoms with E-state index >= 15 is 0 Å². The number of hydrogen-bond donors (Lipinski definition) is 2. The first-order valence-corrected chi connectivity index (χ1v) is 6.89. The first kappa shape index (κ1) is 12.3. The molecule has 1 atom stereocenters. The number of nitrogens with two attached hydrogens (primary N) is 1. The number of rotatable bonds is 2. The zero-order valence-corrected chi connectivity index (χ0v) is 10.1. The van der Waals surface area contributed by atoms with E-state index in [1.54, 1.807) is 0 Å². The molecule has 0 radical (unpaired) electrons. The van der Waals surface area contributed by atoms with Crippen LogP contribution in [0.4, 0.5) is 0 Å². The summed E-state index contributed by atoms with van der Waals surface area (Å²) in [6.45, 7) is 0.695. The Morgan fingerprint density at radius 1 is 1.47 bits per heavy atom. The number of nitrogens with one attached hydrogen (secondary N) is 1. The standard InChI is InChI=1S/C10H15N3O3S/c11-8-3-2-6-13(7-8)17(15,16)9-4-1-5-12-10(9)14/h1,4-5,8H,2-3,6-7,11H2,(H,12,14)/t8-/m0/s1. The van der Waals surface area contributed by atoms with Crippen molar-refractivity contribution < 1.29 is 8.42 Å². The largest absolute Gasteiger partial charge is 0.328 e. The summed E-state index contributed by atoms with van der Waals surface area (Å²) in [5, 5.41) is 0. The van der Waals surface area contributed by atoms with Crippen molar-refractivity contribution >= 4 is 10.0 Å². The van der Waals surface area contributed by atoms with Crippen LogP contribution in [0.2, 0.25) is 0 Å². The molecule has 1 aromatic rings. The summed E-state index contributed by atoms with van der Waals surface area (Å²) >= 11 is 0. The van der Waals surface area contributed by atoms with Gasteiger partial charge in [-0.05, 0) is 25.0 Å². The van der Waals surface area contributed by atoms with Crippen LogP contribution in [0, 0.1) is 0 Å². The molecule has 3 N–H and O–H groups in total. The summed E-state index contributed by atoms with van der Waals surface area (Å²) in [6, 6.07) is 2.66. The Hall–Kier alpha value is -1.18. The topological polar surface area (TPSA) is 96.3 Å². The van der Waals surface area contributed by atoms with E-state index in [2.05, 4.69) is 4.98 Å². The Morgan fingerprint density at radius 2 is 2.24 bits per heavy atom. The van der Waals surface area contributed by atoms with Crippen molar-refractivity contribution in [3.8, 4) is 0 Å². The van der Waals surface area contributed by atoms with Crippen molar-refractivity contribution in [1.29, 1.82) is 0 Å². The smallest absolute Gasteiger partial charge is 0.268 e. The number of aromatic nitrogens is 1. The van der Waals surface area contributed by atoms with Gasteiger partial charge in [-0.2, -0.15) is 4.31 Å². The van der Waals surface area contributed by atoms with E-state index in [-0.39, 0.29) is 17.5 Å². The Morgan fingerprint density at radius 3 is 2.88 bits per heavy atom. The van der Waals surface area contributed by atoms with Crippen molar-refractivity contribution in [3.63, 3.8) is 0 Å². The van der Waals surface area contributed by atoms with E-state index in [9.17, 15) is 13.2 Å². The average molecular weight is 257 g/mol. The van der Waals surface area contributed by atoms with E-state index < -0.39 is 15.6 Å². The summed E-state index contributed by atoms with van der Waals surface area (Å²) in [7, 11) is -3.72. The molecule has 2 heterocycles. The van der Waals surface area contributed by atoms with Crippen LogP contribution in [0.5, 0.6) is 0 Å². The average Bonchev–Trinajstić information content (AvgIpc) is 2.29. The molecule has 6 nitrogen and oxygen atoms in total. The molecule has 0 aromatic carbocycles. The maximum Gasteiger partial charge on any atom is 0.268 e. The molecular weight excluding hydrogens is 242 g/mol. The Balaban J connectivity index is 2.37. The van der Waals surface area contributed by atoms with Crippen molar-refractivity contribution in [2.45, 2.75) is 23.8 Å². The highest BCUT2D eigenvalue weighted by atomic mass is 32.2. The minimum Gasteiger partial charge on any atom is -0.328 e. The molecule has 0 saturated carbocycles. The van der Waals surface area contributed by atoms with Gasteiger partial charge in [-0.25, -0.2) is 8.42 Å². The summed E-state index contributed by atoms with van der Waals surface area (Å²) in [5.41, 5.74) is 5.15. The number of sulfonamides is 1. The Bertz CT molecular complexity index is 552. The van der Waals surface area contributed by atoms with Crippen LogP contribution >= 0.6 is 0 Å². The fourth-order valence-corrected chi connectivity index (χ4v) is 3.52. The van der Waals surface area contributed by atoms with Crippen molar-refractivity contribution in [2.24, 2.45) is 5.73 Å². The number of pyridine rings is 1. The second-order valence-corrected chi connectivity index (χ2v) is 6.04. The number of aromatic amines is 1. The van der Waals surface area contributed by atoms with Gasteiger partial charge in [0.15, 0.2) is 0 Å². The lowest BCUT2D eigenvalue weighted by atomic mass is 10.1. The molecule has 2 rings (SSSR count). The molecule has 1 aliphatic rings. The third-order valence-corrected chi connectivity index (χ3v) is 4.71. The quantitative estimate of drug-likeness (QED) is 0.745. The van der Waals surface area contributed by atoms with Gasteiger partial charge in [0, 0.05) is 25.3 Å². The lowest BCUT2D eigenvalue weighted by Gasteiger charge is -2.29. The SMILES string of the molecule is N[C@H]1CCCN(S(=O)(=O)c2ccc[nH]c2=O)C1. The summed E-state index contributed by atoms with van der Waals surface area (Å²) in [4.78, 5) is 13.6. The van der Waals surface area contributed by atoms with Crippen molar-refractivity contribution in [3.05, 3.63) is 28.7 Å². The van der Waals surface area contributed by atoms with Gasteiger partial charge in [0.2, 0.25) is 10.0 Å². The maximum absolute atomic E-state index is 12.2. The van der Waals surface area contributed by atoms with Crippen molar-refractivity contribution in [1.82, 2.24) is 9.29 Å². The third-order valence-electron chi connectivity index (χ3n) is 2.82. The highest BCUT2D eigenvalue weighted by Crippen LogP contribution is 2.17. The van der Waals surface area contributed by atoms with E-state index in [0.717, 1.165) is 12.8 Å². The zero-order valence-electron chi connectivity index (χ0n) is 9.30. The van der Waals surface area contributed by atoms with Crippen molar-refractivity contribution in [2.75, 3.05) is 13.1 Å². The molecule has 1 aliphatic heterocycles. The van der Waals surface area contributed by atoms with Crippen LogP contribution in [-0.2, 0) is 10.0 Å². The minimum absolute atomic E-state index is 0.152. The second kappa shape index (κ2) is 4.59. The summed E-state index contributed by atoms with van der Waals surface area (Å²) < 4.78 is 25.7. The fourth-order valence-electron chi connectivity index (χ4n) is 1.94. The maximum atomic E-state index is 12.2. The Kier molecular flexibility index (Phi) is 3.32. The summed E-state index contributed by atoms with van der Waals surface area (Å²) in [5.74, 6) is 0. The molecule has 94 valence electrons. The predicted octanol–water partition coefficient (Wildman–Crippen LogP) is -0.513. The van der Waals surface area contributed by atoms with E-state index in [0.29, 0.717) is 6.54 Å².